The van der Waals surface area contributed by atoms with Gasteiger partial charge in [-0.25, -0.2) is 13.4 Å². The molecular weight excluding hydrogens is 498 g/mol. The number of hydrogen-bond acceptors (Lipinski definition) is 5. The van der Waals surface area contributed by atoms with Crippen molar-refractivity contribution in [1.82, 2.24) is 24.1 Å². The van der Waals surface area contributed by atoms with Gasteiger partial charge in [0.25, 0.3) is 5.91 Å². The quantitative estimate of drug-likeness (QED) is 0.359. The molecule has 0 unspecified atom stereocenters. The fourth-order valence-electron chi connectivity index (χ4n) is 4.53. The minimum atomic E-state index is -3.45. The van der Waals surface area contributed by atoms with Crippen LogP contribution < -0.4 is 5.32 Å². The van der Waals surface area contributed by atoms with Crippen molar-refractivity contribution in [3.63, 3.8) is 0 Å². The molecule has 0 radical (unpaired) electrons. The van der Waals surface area contributed by atoms with E-state index in [1.54, 1.807) is 41.1 Å². The first-order valence-electron chi connectivity index (χ1n) is 12.7. The van der Waals surface area contributed by atoms with Crippen LogP contribution in [-0.4, -0.2) is 59.3 Å². The Morgan fingerprint density at radius 2 is 1.42 bits per heavy atom. The van der Waals surface area contributed by atoms with Crippen molar-refractivity contribution in [1.29, 1.82) is 0 Å². The van der Waals surface area contributed by atoms with E-state index in [4.69, 9.17) is 0 Å². The summed E-state index contributed by atoms with van der Waals surface area (Å²) in [5, 5.41) is 2.99. The molecule has 1 aliphatic heterocycles. The third kappa shape index (κ3) is 6.36. The van der Waals surface area contributed by atoms with E-state index in [0.29, 0.717) is 49.7 Å². The van der Waals surface area contributed by atoms with E-state index in [1.807, 2.05) is 53.2 Å². The molecule has 0 spiro atoms. The summed E-state index contributed by atoms with van der Waals surface area (Å²) in [5.74, 6) is -0.112. The number of carbonyl (C=O) groups is 1. The Kier molecular flexibility index (Phi) is 7.97. The predicted octanol–water partition coefficient (Wildman–Crippen LogP) is 3.37. The molecule has 0 saturated carbocycles. The van der Waals surface area contributed by atoms with Crippen LogP contribution in [-0.2, 0) is 29.7 Å². The molecule has 0 bridgehead atoms. The van der Waals surface area contributed by atoms with Gasteiger partial charge in [0.05, 0.1) is 11.2 Å². The third-order valence-corrected chi connectivity index (χ3v) is 8.65. The van der Waals surface area contributed by atoms with E-state index in [1.165, 1.54) is 5.56 Å². The van der Waals surface area contributed by atoms with Crippen LogP contribution in [0, 0.1) is 0 Å². The molecule has 38 heavy (non-hydrogen) atoms. The molecule has 8 nitrogen and oxygen atoms in total. The van der Waals surface area contributed by atoms with Gasteiger partial charge >= 0.3 is 0 Å². The molecule has 196 valence electrons. The number of carbonyl (C=O) groups excluding carboxylic acids is 1. The SMILES string of the molecule is O=C(NCc1ccc(Cn2ccnc2)cc1)c1ccc(CN2CCN(S(=O)(=O)c3ccccc3)CC2)cc1. The minimum absolute atomic E-state index is 0.112. The van der Waals surface area contributed by atoms with Crippen LogP contribution in [0.4, 0.5) is 0 Å². The lowest BCUT2D eigenvalue weighted by Gasteiger charge is -2.34. The lowest BCUT2D eigenvalue weighted by Crippen LogP contribution is -2.48. The van der Waals surface area contributed by atoms with Gasteiger partial charge in [-0.2, -0.15) is 4.31 Å². The summed E-state index contributed by atoms with van der Waals surface area (Å²) in [7, 11) is -3.45. The zero-order chi connectivity index (χ0) is 26.4. The normalized spacial score (nSPS) is 14.8. The molecule has 3 aromatic carbocycles. The molecule has 1 aromatic heterocycles. The standard InChI is InChI=1S/C29H31N5O3S/c35-29(31-20-24-6-8-25(9-7-24)22-33-15-14-30-23-33)27-12-10-26(11-13-27)21-32-16-18-34(19-17-32)38(36,37)28-4-2-1-3-5-28/h1-15,23H,16-22H2,(H,31,35). The Morgan fingerprint density at radius 3 is 2.08 bits per heavy atom. The van der Waals surface area contributed by atoms with Crippen molar-refractivity contribution < 1.29 is 13.2 Å². The number of rotatable bonds is 9. The van der Waals surface area contributed by atoms with E-state index in [0.717, 1.165) is 17.7 Å². The van der Waals surface area contributed by atoms with Crippen molar-refractivity contribution in [2.45, 2.75) is 24.5 Å². The van der Waals surface area contributed by atoms with Gasteiger partial charge in [0.2, 0.25) is 10.0 Å². The smallest absolute Gasteiger partial charge is 0.251 e. The number of aromatic nitrogens is 2. The molecule has 5 rings (SSSR count). The van der Waals surface area contributed by atoms with Gasteiger partial charge in [0.15, 0.2) is 0 Å². The van der Waals surface area contributed by atoms with Crippen LogP contribution in [0.15, 0.2) is 102 Å². The van der Waals surface area contributed by atoms with Gasteiger partial charge in [-0.15, -0.1) is 0 Å². The fraction of sp³-hybridized carbons (Fsp3) is 0.241. The van der Waals surface area contributed by atoms with Crippen LogP contribution >= 0.6 is 0 Å². The van der Waals surface area contributed by atoms with Crippen LogP contribution in [0.2, 0.25) is 0 Å². The number of nitrogens with zero attached hydrogens (tertiary/aromatic N) is 4. The number of benzene rings is 3. The summed E-state index contributed by atoms with van der Waals surface area (Å²) in [6, 6.07) is 24.4. The summed E-state index contributed by atoms with van der Waals surface area (Å²) in [5.41, 5.74) is 3.92. The summed E-state index contributed by atoms with van der Waals surface area (Å²) < 4.78 is 29.2. The molecule has 9 heteroatoms. The van der Waals surface area contributed by atoms with Crippen molar-refractivity contribution in [2.24, 2.45) is 0 Å². The average Bonchev–Trinajstić information content (AvgIpc) is 3.47. The molecule has 4 aromatic rings. The molecule has 1 amide bonds. The molecule has 1 N–H and O–H groups in total. The Labute approximate surface area is 223 Å². The largest absolute Gasteiger partial charge is 0.348 e. The molecule has 1 aliphatic rings. The zero-order valence-electron chi connectivity index (χ0n) is 21.1. The first-order chi connectivity index (χ1) is 18.5. The molecule has 1 saturated heterocycles. The Bertz CT molecular complexity index is 1430. The van der Waals surface area contributed by atoms with Crippen molar-refractivity contribution in [2.75, 3.05) is 26.2 Å². The Balaban J connectivity index is 1.08. The lowest BCUT2D eigenvalue weighted by molar-refractivity contribution is 0.0951. The van der Waals surface area contributed by atoms with E-state index in [-0.39, 0.29) is 5.91 Å². The van der Waals surface area contributed by atoms with Crippen molar-refractivity contribution in [3.05, 3.63) is 120 Å². The summed E-state index contributed by atoms with van der Waals surface area (Å²) >= 11 is 0. The maximum absolute atomic E-state index is 12.8. The molecule has 0 aliphatic carbocycles. The summed E-state index contributed by atoms with van der Waals surface area (Å²) in [6.07, 6.45) is 5.48. The van der Waals surface area contributed by atoms with Gasteiger partial charge in [0.1, 0.15) is 0 Å². The second-order valence-corrected chi connectivity index (χ2v) is 11.4. The maximum Gasteiger partial charge on any atom is 0.251 e. The van der Waals surface area contributed by atoms with Gasteiger partial charge < -0.3 is 9.88 Å². The Hall–Kier alpha value is -3.79. The van der Waals surface area contributed by atoms with Crippen LogP contribution in [0.3, 0.4) is 0 Å². The van der Waals surface area contributed by atoms with Crippen LogP contribution in [0.1, 0.15) is 27.0 Å². The van der Waals surface area contributed by atoms with Gasteiger partial charge in [0, 0.05) is 63.8 Å². The number of imidazole rings is 1. The third-order valence-electron chi connectivity index (χ3n) is 6.73. The van der Waals surface area contributed by atoms with E-state index in [2.05, 4.69) is 27.3 Å². The molecule has 2 heterocycles. The highest BCUT2D eigenvalue weighted by molar-refractivity contribution is 7.89. The van der Waals surface area contributed by atoms with Crippen LogP contribution in [0.25, 0.3) is 0 Å². The van der Waals surface area contributed by atoms with Crippen molar-refractivity contribution in [3.8, 4) is 0 Å². The van der Waals surface area contributed by atoms with Crippen LogP contribution in [0.5, 0.6) is 0 Å². The molecule has 0 atom stereocenters. The maximum atomic E-state index is 12.8. The predicted molar refractivity (Wildman–Crippen MR) is 146 cm³/mol. The average molecular weight is 530 g/mol. The Morgan fingerprint density at radius 1 is 0.789 bits per heavy atom. The molecular formula is C29H31N5O3S. The number of piperazine rings is 1. The van der Waals surface area contributed by atoms with E-state index in [9.17, 15) is 13.2 Å². The second-order valence-electron chi connectivity index (χ2n) is 9.42. The number of hydrogen-bond donors (Lipinski definition) is 1. The summed E-state index contributed by atoms with van der Waals surface area (Å²) in [4.78, 5) is 19.3. The number of sulfonamides is 1. The second kappa shape index (κ2) is 11.7. The minimum Gasteiger partial charge on any atom is -0.348 e. The topological polar surface area (TPSA) is 87.5 Å². The first-order valence-corrected chi connectivity index (χ1v) is 14.1. The number of amides is 1. The highest BCUT2D eigenvalue weighted by atomic mass is 32.2. The van der Waals surface area contributed by atoms with Gasteiger partial charge in [-0.05, 0) is 41.0 Å². The molecule has 1 fully saturated rings. The van der Waals surface area contributed by atoms with E-state index < -0.39 is 10.0 Å². The monoisotopic (exact) mass is 529 g/mol. The highest BCUT2D eigenvalue weighted by Gasteiger charge is 2.28. The summed E-state index contributed by atoms with van der Waals surface area (Å²) in [6.45, 7) is 4.19. The zero-order valence-corrected chi connectivity index (χ0v) is 21.9. The first kappa shape index (κ1) is 25.8. The van der Waals surface area contributed by atoms with Gasteiger partial charge in [-0.1, -0.05) is 54.6 Å². The van der Waals surface area contributed by atoms with Gasteiger partial charge in [-0.3, -0.25) is 9.69 Å². The van der Waals surface area contributed by atoms with Crippen molar-refractivity contribution >= 4 is 15.9 Å². The number of nitrogens with one attached hydrogen (secondary N) is 1. The fourth-order valence-corrected chi connectivity index (χ4v) is 5.97. The van der Waals surface area contributed by atoms with E-state index >= 15 is 0 Å². The lowest BCUT2D eigenvalue weighted by atomic mass is 10.1. The highest BCUT2D eigenvalue weighted by Crippen LogP contribution is 2.18.